The summed E-state index contributed by atoms with van der Waals surface area (Å²) in [6, 6.07) is 7.52. The molecule has 0 bridgehead atoms. The number of rotatable bonds is 10. The van der Waals surface area contributed by atoms with Gasteiger partial charge in [0.2, 0.25) is 5.78 Å². The van der Waals surface area contributed by atoms with Gasteiger partial charge in [0.25, 0.3) is 0 Å². The monoisotopic (exact) mass is 585 g/mol. The predicted molar refractivity (Wildman–Crippen MR) is 170 cm³/mol. The number of hydrogen-bond donors (Lipinski definition) is 0. The second kappa shape index (κ2) is 14.4. The van der Waals surface area contributed by atoms with Gasteiger partial charge < -0.3 is 13.8 Å². The number of allylic oxidation sites excluding steroid dienone is 1. The summed E-state index contributed by atoms with van der Waals surface area (Å²) in [6.45, 7) is 24.5. The molecule has 2 rings (SSSR count). The minimum Gasteiger partial charge on any atom is -0.412 e. The van der Waals surface area contributed by atoms with Crippen LogP contribution in [0.5, 0.6) is 0 Å². The fraction of sp³-hybridized carbons (Fsp3) is 0.548. The molecule has 0 amide bonds. The molecule has 0 saturated carbocycles. The molecule has 0 aliphatic carbocycles. The van der Waals surface area contributed by atoms with Crippen molar-refractivity contribution in [1.29, 1.82) is 0 Å². The van der Waals surface area contributed by atoms with Crippen LogP contribution in [0.3, 0.4) is 0 Å². The summed E-state index contributed by atoms with van der Waals surface area (Å²) in [6.07, 6.45) is 6.56. The summed E-state index contributed by atoms with van der Waals surface area (Å²) in [7, 11) is 0.126. The predicted octanol–water partition coefficient (Wildman–Crippen LogP) is 7.67. The number of aromatic nitrogens is 2. The van der Waals surface area contributed by atoms with Gasteiger partial charge in [-0.05, 0) is 48.4 Å². The van der Waals surface area contributed by atoms with Crippen molar-refractivity contribution >= 4 is 28.2 Å². The van der Waals surface area contributed by atoms with E-state index in [1.807, 2.05) is 43.3 Å². The Bertz CT molecular complexity index is 1160. The highest BCUT2D eigenvalue weighted by Crippen LogP contribution is 2.38. The van der Waals surface area contributed by atoms with Crippen molar-refractivity contribution in [1.82, 2.24) is 14.9 Å². The van der Waals surface area contributed by atoms with Crippen molar-refractivity contribution in [2.75, 3.05) is 14.1 Å². The summed E-state index contributed by atoms with van der Waals surface area (Å²) in [4.78, 5) is 33.9. The molecule has 0 spiro atoms. The minimum absolute atomic E-state index is 0.00979. The second-order valence-corrected chi connectivity index (χ2v) is 22.9. The zero-order valence-electron chi connectivity index (χ0n) is 27.0. The first-order valence-corrected chi connectivity index (χ1v) is 19.6. The van der Waals surface area contributed by atoms with Crippen LogP contribution in [0.4, 0.5) is 0 Å². The molecule has 0 saturated heterocycles. The Kier molecular flexibility index (Phi) is 12.8. The Morgan fingerprint density at radius 1 is 0.800 bits per heavy atom. The normalized spacial score (nSPS) is 12.6. The van der Waals surface area contributed by atoms with Gasteiger partial charge in [-0.15, -0.1) is 0 Å². The van der Waals surface area contributed by atoms with E-state index in [-0.39, 0.29) is 21.6 Å². The number of pyridine rings is 2. The lowest BCUT2D eigenvalue weighted by molar-refractivity contribution is 0.100. The Morgan fingerprint density at radius 2 is 1.20 bits per heavy atom. The van der Waals surface area contributed by atoms with Gasteiger partial charge in [0.1, 0.15) is 11.4 Å². The summed E-state index contributed by atoms with van der Waals surface area (Å²) in [5.41, 5.74) is 2.73. The fourth-order valence-electron chi connectivity index (χ4n) is 2.89. The van der Waals surface area contributed by atoms with Crippen molar-refractivity contribution in [3.05, 3.63) is 71.4 Å². The Balaban J connectivity index is 0.000000408. The molecule has 0 fully saturated rings. The number of carbonyl (C=O) groups excluding carboxylic acids is 2. The maximum absolute atomic E-state index is 12.3. The van der Waals surface area contributed by atoms with Gasteiger partial charge in [0.15, 0.2) is 22.4 Å². The third-order valence-electron chi connectivity index (χ3n) is 7.66. The summed E-state index contributed by atoms with van der Waals surface area (Å²) >= 11 is 0. The number of ketones is 2. The van der Waals surface area contributed by atoms with Gasteiger partial charge in [0.05, 0.1) is 13.2 Å². The molecular formula is C31H51N3O4Si2. The van der Waals surface area contributed by atoms with Gasteiger partial charge >= 0.3 is 0 Å². The van der Waals surface area contributed by atoms with E-state index in [1.54, 1.807) is 18.6 Å². The summed E-state index contributed by atoms with van der Waals surface area (Å²) < 4.78 is 12.3. The van der Waals surface area contributed by atoms with Crippen LogP contribution in [-0.2, 0) is 22.1 Å². The van der Waals surface area contributed by atoms with Gasteiger partial charge in [-0.3, -0.25) is 19.6 Å². The molecule has 9 heteroatoms. The molecule has 0 atom stereocenters. The molecular weight excluding hydrogens is 535 g/mol. The largest absolute Gasteiger partial charge is 0.412 e. The molecule has 0 aliphatic rings. The molecule has 2 aromatic heterocycles. The van der Waals surface area contributed by atoms with Gasteiger partial charge in [-0.2, -0.15) is 0 Å². The van der Waals surface area contributed by atoms with E-state index in [0.29, 0.717) is 24.6 Å². The maximum atomic E-state index is 12.3. The Labute approximate surface area is 244 Å². The van der Waals surface area contributed by atoms with E-state index in [1.165, 1.54) is 13.0 Å². The average Bonchev–Trinajstić information content (AvgIpc) is 2.84. The van der Waals surface area contributed by atoms with Crippen LogP contribution in [-0.4, -0.2) is 57.2 Å². The smallest absolute Gasteiger partial charge is 0.205 e. The second-order valence-electron chi connectivity index (χ2n) is 13.3. The molecule has 0 aromatic carbocycles. The number of carbonyl (C=O) groups is 2. The highest BCUT2D eigenvalue weighted by Gasteiger charge is 2.38. The highest BCUT2D eigenvalue weighted by atomic mass is 28.4. The number of Topliss-reactive ketones (excluding diaryl/α,β-unsaturated/α-hetero) is 1. The molecule has 40 heavy (non-hydrogen) atoms. The van der Waals surface area contributed by atoms with Crippen LogP contribution in [0.25, 0.3) is 0 Å². The fourth-order valence-corrected chi connectivity index (χ4v) is 4.79. The van der Waals surface area contributed by atoms with Crippen molar-refractivity contribution in [3.63, 3.8) is 0 Å². The van der Waals surface area contributed by atoms with Crippen LogP contribution >= 0.6 is 0 Å². The van der Waals surface area contributed by atoms with Gasteiger partial charge in [-0.1, -0.05) is 53.7 Å². The lowest BCUT2D eigenvalue weighted by Gasteiger charge is -2.36. The number of hydrogen-bond acceptors (Lipinski definition) is 7. The molecule has 0 unspecified atom stereocenters. The molecule has 7 nitrogen and oxygen atoms in total. The van der Waals surface area contributed by atoms with E-state index in [2.05, 4.69) is 77.7 Å². The minimum atomic E-state index is -1.85. The van der Waals surface area contributed by atoms with Crippen LogP contribution in [0.15, 0.2) is 48.9 Å². The van der Waals surface area contributed by atoms with Crippen molar-refractivity contribution in [2.24, 2.45) is 0 Å². The number of nitrogens with zero attached hydrogens (tertiary/aromatic N) is 3. The highest BCUT2D eigenvalue weighted by molar-refractivity contribution is 6.74. The van der Waals surface area contributed by atoms with Gasteiger partial charge in [-0.25, -0.2) is 0 Å². The van der Waals surface area contributed by atoms with E-state index in [9.17, 15) is 9.59 Å². The maximum Gasteiger partial charge on any atom is 0.205 e. The molecule has 2 aromatic rings. The Morgan fingerprint density at radius 3 is 1.57 bits per heavy atom. The quantitative estimate of drug-likeness (QED) is 0.161. The lowest BCUT2D eigenvalue weighted by atomic mass is 10.1. The Hall–Kier alpha value is -2.47. The topological polar surface area (TPSA) is 81.6 Å². The average molecular weight is 586 g/mol. The van der Waals surface area contributed by atoms with E-state index < -0.39 is 16.6 Å². The third kappa shape index (κ3) is 10.8. The van der Waals surface area contributed by atoms with E-state index in [4.69, 9.17) is 8.85 Å². The molecule has 0 N–H and O–H groups in total. The zero-order valence-corrected chi connectivity index (χ0v) is 29.0. The van der Waals surface area contributed by atoms with E-state index >= 15 is 0 Å². The van der Waals surface area contributed by atoms with E-state index in [0.717, 1.165) is 11.1 Å². The third-order valence-corrected chi connectivity index (χ3v) is 16.6. The SMILES string of the molecule is CC(=O)c1ncccc1CO[Si](C)(C)C(C)(C)C.CN(C)/C=C/C(=O)c1ncccc1CO[Si](C)(C)C(C)(C)C. The summed E-state index contributed by atoms with van der Waals surface area (Å²) in [5.74, 6) is -0.104. The van der Waals surface area contributed by atoms with Crippen LogP contribution in [0, 0.1) is 0 Å². The van der Waals surface area contributed by atoms with Gasteiger partial charge in [0, 0.05) is 56.8 Å². The van der Waals surface area contributed by atoms with Crippen molar-refractivity contribution in [2.45, 2.75) is 97.9 Å². The zero-order chi connectivity index (χ0) is 30.9. The standard InChI is InChI=1S/C17H28N2O2Si.C14H23NO2Si/c1-17(2,3)22(6,7)21-13-14-9-8-11-18-16(14)15(20)10-12-19(4)5;1-11(16)13-12(8-7-9-15-13)10-17-18(5,6)14(2,3)4/h8-12H,13H2,1-7H3;7-9H,10H2,1-6H3/b12-10+;. The first kappa shape index (κ1) is 35.6. The van der Waals surface area contributed by atoms with Crippen LogP contribution in [0.2, 0.25) is 36.3 Å². The lowest BCUT2D eigenvalue weighted by Crippen LogP contribution is -2.40. The molecule has 222 valence electrons. The molecule has 2 heterocycles. The first-order valence-electron chi connectivity index (χ1n) is 13.7. The molecule has 0 aliphatic heterocycles. The van der Waals surface area contributed by atoms with Crippen molar-refractivity contribution < 1.29 is 18.4 Å². The summed E-state index contributed by atoms with van der Waals surface area (Å²) in [5, 5.41) is 0.315. The van der Waals surface area contributed by atoms with Crippen molar-refractivity contribution in [3.8, 4) is 0 Å². The molecule has 0 radical (unpaired) electrons. The van der Waals surface area contributed by atoms with Crippen LogP contribution < -0.4 is 0 Å². The van der Waals surface area contributed by atoms with Crippen LogP contribution in [0.1, 0.15) is 80.6 Å². The first-order chi connectivity index (χ1) is 18.2.